The third kappa shape index (κ3) is 3.78. The Morgan fingerprint density at radius 3 is 2.76 bits per heavy atom. The number of aromatic nitrogens is 3. The van der Waals surface area contributed by atoms with Crippen molar-refractivity contribution in [3.05, 3.63) is 65.8 Å². The van der Waals surface area contributed by atoms with Crippen molar-refractivity contribution in [1.29, 1.82) is 0 Å². The molecule has 1 aliphatic rings. The first kappa shape index (κ1) is 18.3. The van der Waals surface area contributed by atoms with Crippen LogP contribution >= 0.6 is 11.3 Å². The van der Waals surface area contributed by atoms with Crippen LogP contribution in [-0.2, 0) is 13.6 Å². The average molecular weight is 404 g/mol. The Morgan fingerprint density at radius 2 is 1.86 bits per heavy atom. The Hall–Kier alpha value is -2.70. The van der Waals surface area contributed by atoms with E-state index in [9.17, 15) is 0 Å². The molecule has 1 fully saturated rings. The minimum absolute atomic E-state index is 0.924. The summed E-state index contributed by atoms with van der Waals surface area (Å²) in [5, 5.41) is 8.98. The van der Waals surface area contributed by atoms with Crippen molar-refractivity contribution in [3.63, 3.8) is 0 Å². The van der Waals surface area contributed by atoms with Gasteiger partial charge in [-0.25, -0.2) is 4.98 Å². The summed E-state index contributed by atoms with van der Waals surface area (Å²) < 4.78 is 1.99. The molecule has 0 bridgehead atoms. The molecule has 1 aliphatic heterocycles. The third-order valence-electron chi connectivity index (χ3n) is 5.63. The number of hydrogen-bond donors (Lipinski definition) is 0. The second-order valence-corrected chi connectivity index (χ2v) is 8.47. The number of fused-ring (bicyclic) bond motifs is 1. The van der Waals surface area contributed by atoms with Crippen LogP contribution in [0.3, 0.4) is 0 Å². The van der Waals surface area contributed by atoms with Crippen LogP contribution in [0.2, 0.25) is 0 Å². The molecule has 6 heteroatoms. The summed E-state index contributed by atoms with van der Waals surface area (Å²) in [6, 6.07) is 17.0. The molecule has 3 heterocycles. The minimum atomic E-state index is 0.924. The van der Waals surface area contributed by atoms with E-state index >= 15 is 0 Å². The second kappa shape index (κ2) is 7.97. The predicted octanol–water partition coefficient (Wildman–Crippen LogP) is 4.41. The highest BCUT2D eigenvalue weighted by molar-refractivity contribution is 7.13. The monoisotopic (exact) mass is 403 g/mol. The molecule has 0 spiro atoms. The Labute approximate surface area is 175 Å². The van der Waals surface area contributed by atoms with Gasteiger partial charge in [0.15, 0.2) is 0 Å². The predicted molar refractivity (Wildman–Crippen MR) is 120 cm³/mol. The molecule has 0 N–H and O–H groups in total. The van der Waals surface area contributed by atoms with E-state index in [0.717, 1.165) is 44.2 Å². The highest BCUT2D eigenvalue weighted by Gasteiger charge is 2.19. The molecule has 4 aromatic rings. The van der Waals surface area contributed by atoms with E-state index in [1.807, 2.05) is 24.0 Å². The van der Waals surface area contributed by atoms with Gasteiger partial charge < -0.3 is 4.90 Å². The van der Waals surface area contributed by atoms with Crippen LogP contribution < -0.4 is 4.90 Å². The number of rotatable bonds is 4. The van der Waals surface area contributed by atoms with Crippen LogP contribution in [0, 0.1) is 0 Å². The lowest BCUT2D eigenvalue weighted by atomic mass is 10.2. The third-order valence-corrected chi connectivity index (χ3v) is 6.57. The summed E-state index contributed by atoms with van der Waals surface area (Å²) in [7, 11) is 2.03. The summed E-state index contributed by atoms with van der Waals surface area (Å²) in [6.07, 6.45) is 3.11. The molecular formula is C23H25N5S. The lowest BCUT2D eigenvalue weighted by Gasteiger charge is -2.24. The maximum Gasteiger partial charge on any atom is 0.123 e. The summed E-state index contributed by atoms with van der Waals surface area (Å²) in [4.78, 5) is 9.93. The Kier molecular flexibility index (Phi) is 5.04. The van der Waals surface area contributed by atoms with Crippen LogP contribution in [0.1, 0.15) is 12.1 Å². The summed E-state index contributed by atoms with van der Waals surface area (Å²) in [5.74, 6) is 0. The van der Waals surface area contributed by atoms with E-state index in [1.165, 1.54) is 27.8 Å². The van der Waals surface area contributed by atoms with Crippen LogP contribution in [0.25, 0.3) is 21.5 Å². The van der Waals surface area contributed by atoms with Gasteiger partial charge in [-0.15, -0.1) is 11.3 Å². The van der Waals surface area contributed by atoms with E-state index in [4.69, 9.17) is 4.98 Å². The van der Waals surface area contributed by atoms with Crippen LogP contribution in [-0.4, -0.2) is 45.8 Å². The molecule has 148 valence electrons. The van der Waals surface area contributed by atoms with Crippen molar-refractivity contribution in [2.75, 3.05) is 31.1 Å². The van der Waals surface area contributed by atoms with Crippen LogP contribution in [0.5, 0.6) is 0 Å². The molecule has 0 unspecified atom stereocenters. The fraction of sp³-hybridized carbons (Fsp3) is 0.304. The number of hydrogen-bond acceptors (Lipinski definition) is 5. The van der Waals surface area contributed by atoms with Gasteiger partial charge in [0.2, 0.25) is 0 Å². The number of benzene rings is 2. The second-order valence-electron chi connectivity index (χ2n) is 7.61. The molecule has 5 rings (SSSR count). The first-order valence-corrected chi connectivity index (χ1v) is 11.0. The molecule has 2 aromatic heterocycles. The largest absolute Gasteiger partial charge is 0.368 e. The van der Waals surface area contributed by atoms with E-state index in [-0.39, 0.29) is 0 Å². The number of thiazole rings is 1. The van der Waals surface area contributed by atoms with E-state index in [0.29, 0.717) is 0 Å². The normalized spacial score (nSPS) is 15.7. The molecule has 0 radical (unpaired) electrons. The van der Waals surface area contributed by atoms with Gasteiger partial charge in [0.05, 0.1) is 23.1 Å². The van der Waals surface area contributed by atoms with Gasteiger partial charge in [-0.2, -0.15) is 5.10 Å². The Bertz CT molecular complexity index is 1100. The molecule has 29 heavy (non-hydrogen) atoms. The van der Waals surface area contributed by atoms with Gasteiger partial charge in [0.25, 0.3) is 0 Å². The van der Waals surface area contributed by atoms with Gasteiger partial charge in [-0.1, -0.05) is 42.5 Å². The van der Waals surface area contributed by atoms with Crippen LogP contribution in [0.15, 0.2) is 60.1 Å². The zero-order valence-corrected chi connectivity index (χ0v) is 17.5. The molecule has 0 saturated carbocycles. The van der Waals surface area contributed by atoms with Crippen molar-refractivity contribution >= 4 is 27.9 Å². The standard InChI is InChI=1S/C23H25N5S/c1-26-22-19(15-24-26)9-5-10-21(22)28-12-6-11-27(13-14-28)16-20-17-29-23(25-20)18-7-3-2-4-8-18/h2-5,7-10,15,17H,6,11-14,16H2,1H3. The first-order valence-electron chi connectivity index (χ1n) is 10.2. The summed E-state index contributed by atoms with van der Waals surface area (Å²) >= 11 is 1.74. The number of aryl methyl sites for hydroxylation is 1. The van der Waals surface area contributed by atoms with Crippen molar-refractivity contribution in [2.45, 2.75) is 13.0 Å². The molecule has 1 saturated heterocycles. The minimum Gasteiger partial charge on any atom is -0.368 e. The molecule has 0 aliphatic carbocycles. The smallest absolute Gasteiger partial charge is 0.123 e. The summed E-state index contributed by atoms with van der Waals surface area (Å²) in [5.41, 5.74) is 4.91. The van der Waals surface area contributed by atoms with Crippen molar-refractivity contribution < 1.29 is 0 Å². The maximum absolute atomic E-state index is 4.88. The average Bonchev–Trinajstić information content (AvgIpc) is 3.30. The summed E-state index contributed by atoms with van der Waals surface area (Å²) in [6.45, 7) is 5.18. The van der Waals surface area contributed by atoms with E-state index in [2.05, 4.69) is 62.7 Å². The van der Waals surface area contributed by atoms with Crippen molar-refractivity contribution in [3.8, 4) is 10.6 Å². The first-order chi connectivity index (χ1) is 14.3. The van der Waals surface area contributed by atoms with Crippen LogP contribution in [0.4, 0.5) is 5.69 Å². The zero-order valence-electron chi connectivity index (χ0n) is 16.7. The van der Waals surface area contributed by atoms with Crippen molar-refractivity contribution in [1.82, 2.24) is 19.7 Å². The highest BCUT2D eigenvalue weighted by atomic mass is 32.1. The number of nitrogens with zero attached hydrogens (tertiary/aromatic N) is 5. The number of anilines is 1. The Balaban J connectivity index is 1.28. The van der Waals surface area contributed by atoms with Crippen molar-refractivity contribution in [2.24, 2.45) is 7.05 Å². The SMILES string of the molecule is Cn1ncc2cccc(N3CCCN(Cc4csc(-c5ccccc5)n4)CC3)c21. The quantitative estimate of drug-likeness (QED) is 0.506. The Morgan fingerprint density at radius 1 is 0.966 bits per heavy atom. The van der Waals surface area contributed by atoms with Gasteiger partial charge >= 0.3 is 0 Å². The van der Waals surface area contributed by atoms with E-state index < -0.39 is 0 Å². The molecule has 5 nitrogen and oxygen atoms in total. The van der Waals surface area contributed by atoms with E-state index in [1.54, 1.807) is 11.3 Å². The zero-order chi connectivity index (χ0) is 19.6. The maximum atomic E-state index is 4.88. The number of para-hydroxylation sites is 1. The fourth-order valence-electron chi connectivity index (χ4n) is 4.16. The van der Waals surface area contributed by atoms with Gasteiger partial charge in [-0.05, 0) is 12.5 Å². The lowest BCUT2D eigenvalue weighted by Crippen LogP contribution is -2.30. The fourth-order valence-corrected chi connectivity index (χ4v) is 4.98. The molecular weight excluding hydrogens is 378 g/mol. The lowest BCUT2D eigenvalue weighted by molar-refractivity contribution is 0.282. The van der Waals surface area contributed by atoms with Gasteiger partial charge in [0.1, 0.15) is 5.01 Å². The molecule has 2 aromatic carbocycles. The van der Waals surface area contributed by atoms with Gasteiger partial charge in [0, 0.05) is 56.1 Å². The van der Waals surface area contributed by atoms with Gasteiger partial charge in [-0.3, -0.25) is 9.58 Å². The highest BCUT2D eigenvalue weighted by Crippen LogP contribution is 2.28. The topological polar surface area (TPSA) is 37.2 Å². The molecule has 0 atom stereocenters. The molecule has 0 amide bonds.